The average Bonchev–Trinajstić information content (AvgIpc) is 3.04. The minimum absolute atomic E-state index is 0.0719. The predicted molar refractivity (Wildman–Crippen MR) is 87.8 cm³/mol. The number of rotatable bonds is 4. The highest BCUT2D eigenvalue weighted by Gasteiger charge is 2.12. The van der Waals surface area contributed by atoms with Gasteiger partial charge in [0.25, 0.3) is 0 Å². The Kier molecular flexibility index (Phi) is 3.94. The third-order valence-electron chi connectivity index (χ3n) is 3.37. The fourth-order valence-corrected chi connectivity index (χ4v) is 3.11. The molecule has 0 aliphatic carbocycles. The Morgan fingerprint density at radius 3 is 2.55 bits per heavy atom. The second-order valence-electron chi connectivity index (χ2n) is 4.77. The molecule has 1 aromatic heterocycles. The number of ether oxygens (including phenoxy) is 1. The first-order valence-corrected chi connectivity index (χ1v) is 7.62. The Balaban J connectivity index is 1.97. The van der Waals surface area contributed by atoms with Crippen LogP contribution in [0, 0.1) is 0 Å². The molecule has 0 radical (unpaired) electrons. The van der Waals surface area contributed by atoms with E-state index in [1.807, 2.05) is 29.6 Å². The summed E-state index contributed by atoms with van der Waals surface area (Å²) >= 11 is 1.58. The highest BCUT2D eigenvalue weighted by atomic mass is 32.1. The molecule has 0 saturated heterocycles. The first kappa shape index (κ1) is 14.4. The second kappa shape index (κ2) is 6.03. The first-order valence-electron chi connectivity index (χ1n) is 6.74. The number of thiophene rings is 1. The molecule has 0 bridgehead atoms. The standard InChI is InChI=1S/C18H14O3S/c1-21-16-9-10-22-18(16)14-4-2-3-13(11-14)17(20)12-5-7-15(19)8-6-12/h2-11,19H,1H3. The van der Waals surface area contributed by atoms with Gasteiger partial charge in [-0.25, -0.2) is 0 Å². The van der Waals surface area contributed by atoms with Crippen LogP contribution in [0.4, 0.5) is 0 Å². The average molecular weight is 310 g/mol. The van der Waals surface area contributed by atoms with Crippen LogP contribution in [0.2, 0.25) is 0 Å². The van der Waals surface area contributed by atoms with Crippen molar-refractivity contribution in [3.05, 3.63) is 71.1 Å². The van der Waals surface area contributed by atoms with Gasteiger partial charge in [-0.3, -0.25) is 4.79 Å². The number of carbonyl (C=O) groups excluding carboxylic acids is 1. The van der Waals surface area contributed by atoms with E-state index in [2.05, 4.69) is 0 Å². The highest BCUT2D eigenvalue weighted by molar-refractivity contribution is 7.14. The first-order chi connectivity index (χ1) is 10.7. The van der Waals surface area contributed by atoms with Crippen molar-refractivity contribution in [2.75, 3.05) is 7.11 Å². The molecular formula is C18H14O3S. The largest absolute Gasteiger partial charge is 0.508 e. The van der Waals surface area contributed by atoms with E-state index in [9.17, 15) is 9.90 Å². The van der Waals surface area contributed by atoms with Gasteiger partial charge in [-0.2, -0.15) is 0 Å². The van der Waals surface area contributed by atoms with Gasteiger partial charge in [-0.1, -0.05) is 18.2 Å². The van der Waals surface area contributed by atoms with Crippen LogP contribution in [0.3, 0.4) is 0 Å². The molecule has 2 aromatic carbocycles. The summed E-state index contributed by atoms with van der Waals surface area (Å²) in [6.45, 7) is 0. The van der Waals surface area contributed by atoms with Crippen LogP contribution in [0.15, 0.2) is 60.0 Å². The Morgan fingerprint density at radius 1 is 1.05 bits per heavy atom. The van der Waals surface area contributed by atoms with Gasteiger partial charge in [-0.05, 0) is 47.3 Å². The van der Waals surface area contributed by atoms with Gasteiger partial charge in [0.15, 0.2) is 5.78 Å². The number of hydrogen-bond acceptors (Lipinski definition) is 4. The van der Waals surface area contributed by atoms with Crippen molar-refractivity contribution < 1.29 is 14.6 Å². The number of phenols is 1. The minimum atomic E-state index is -0.0719. The van der Waals surface area contributed by atoms with Crippen LogP contribution < -0.4 is 4.74 Å². The van der Waals surface area contributed by atoms with Crippen LogP contribution in [-0.2, 0) is 0 Å². The molecule has 0 amide bonds. The Labute approximate surface area is 132 Å². The summed E-state index contributed by atoms with van der Waals surface area (Å²) in [6, 6.07) is 15.7. The zero-order chi connectivity index (χ0) is 15.5. The summed E-state index contributed by atoms with van der Waals surface area (Å²) in [5, 5.41) is 11.3. The second-order valence-corrected chi connectivity index (χ2v) is 5.69. The van der Waals surface area contributed by atoms with E-state index in [1.165, 1.54) is 12.1 Å². The molecule has 3 aromatic rings. The third kappa shape index (κ3) is 2.73. The molecule has 0 atom stereocenters. The number of hydrogen-bond donors (Lipinski definition) is 1. The molecule has 0 fully saturated rings. The van der Waals surface area contributed by atoms with Crippen LogP contribution in [0.1, 0.15) is 15.9 Å². The van der Waals surface area contributed by atoms with Crippen molar-refractivity contribution in [3.63, 3.8) is 0 Å². The van der Waals surface area contributed by atoms with Crippen LogP contribution in [-0.4, -0.2) is 18.0 Å². The van der Waals surface area contributed by atoms with Crippen molar-refractivity contribution in [1.82, 2.24) is 0 Å². The lowest BCUT2D eigenvalue weighted by atomic mass is 10.0. The highest BCUT2D eigenvalue weighted by Crippen LogP contribution is 2.35. The van der Waals surface area contributed by atoms with Crippen molar-refractivity contribution in [1.29, 1.82) is 0 Å². The van der Waals surface area contributed by atoms with Gasteiger partial charge < -0.3 is 9.84 Å². The van der Waals surface area contributed by atoms with Gasteiger partial charge in [0, 0.05) is 11.1 Å². The fourth-order valence-electron chi connectivity index (χ4n) is 2.25. The molecule has 4 heteroatoms. The molecule has 1 heterocycles. The van der Waals surface area contributed by atoms with Gasteiger partial charge in [-0.15, -0.1) is 11.3 Å². The summed E-state index contributed by atoms with van der Waals surface area (Å²) in [6.07, 6.45) is 0. The molecule has 0 aliphatic heterocycles. The lowest BCUT2D eigenvalue weighted by Crippen LogP contribution is -2.00. The lowest BCUT2D eigenvalue weighted by molar-refractivity contribution is 0.103. The summed E-state index contributed by atoms with van der Waals surface area (Å²) in [7, 11) is 1.64. The van der Waals surface area contributed by atoms with Crippen molar-refractivity contribution >= 4 is 17.1 Å². The molecule has 22 heavy (non-hydrogen) atoms. The zero-order valence-corrected chi connectivity index (χ0v) is 12.8. The number of carbonyl (C=O) groups is 1. The number of phenolic OH excluding ortho intramolecular Hbond substituents is 1. The van der Waals surface area contributed by atoms with E-state index in [-0.39, 0.29) is 11.5 Å². The number of methoxy groups -OCH3 is 1. The molecule has 0 saturated carbocycles. The van der Waals surface area contributed by atoms with E-state index in [4.69, 9.17) is 4.74 Å². The van der Waals surface area contributed by atoms with Crippen LogP contribution in [0.5, 0.6) is 11.5 Å². The maximum absolute atomic E-state index is 12.5. The predicted octanol–water partition coefficient (Wildman–Crippen LogP) is 4.36. The smallest absolute Gasteiger partial charge is 0.193 e. The number of ketones is 1. The Bertz CT molecular complexity index is 803. The Morgan fingerprint density at radius 2 is 1.82 bits per heavy atom. The van der Waals surface area contributed by atoms with E-state index in [1.54, 1.807) is 36.6 Å². The molecule has 0 unspecified atom stereocenters. The number of benzene rings is 2. The Hall–Kier alpha value is -2.59. The maximum Gasteiger partial charge on any atom is 0.193 e. The van der Waals surface area contributed by atoms with E-state index < -0.39 is 0 Å². The molecule has 1 N–H and O–H groups in total. The molecule has 110 valence electrons. The molecule has 3 nitrogen and oxygen atoms in total. The molecule has 0 aliphatic rings. The SMILES string of the molecule is COc1ccsc1-c1cccc(C(=O)c2ccc(O)cc2)c1. The fraction of sp³-hybridized carbons (Fsp3) is 0.0556. The van der Waals surface area contributed by atoms with Gasteiger partial charge in [0.2, 0.25) is 0 Å². The van der Waals surface area contributed by atoms with Crippen molar-refractivity contribution in [2.24, 2.45) is 0 Å². The summed E-state index contributed by atoms with van der Waals surface area (Å²) in [5.74, 6) is 0.880. The summed E-state index contributed by atoms with van der Waals surface area (Å²) in [4.78, 5) is 13.5. The molecule has 3 rings (SSSR count). The normalized spacial score (nSPS) is 10.4. The van der Waals surface area contributed by atoms with Gasteiger partial charge >= 0.3 is 0 Å². The van der Waals surface area contributed by atoms with Gasteiger partial charge in [0.05, 0.1) is 12.0 Å². The quantitative estimate of drug-likeness (QED) is 0.728. The lowest BCUT2D eigenvalue weighted by Gasteiger charge is -2.06. The van der Waals surface area contributed by atoms with E-state index >= 15 is 0 Å². The van der Waals surface area contributed by atoms with Crippen LogP contribution >= 0.6 is 11.3 Å². The van der Waals surface area contributed by atoms with E-state index in [0.29, 0.717) is 11.1 Å². The zero-order valence-electron chi connectivity index (χ0n) is 11.9. The number of aromatic hydroxyl groups is 1. The van der Waals surface area contributed by atoms with E-state index in [0.717, 1.165) is 16.2 Å². The molecule has 0 spiro atoms. The maximum atomic E-state index is 12.5. The third-order valence-corrected chi connectivity index (χ3v) is 4.31. The summed E-state index contributed by atoms with van der Waals surface area (Å²) < 4.78 is 5.34. The van der Waals surface area contributed by atoms with Crippen LogP contribution in [0.25, 0.3) is 10.4 Å². The monoisotopic (exact) mass is 310 g/mol. The summed E-state index contributed by atoms with van der Waals surface area (Å²) in [5.41, 5.74) is 2.11. The topological polar surface area (TPSA) is 46.5 Å². The molecular weight excluding hydrogens is 296 g/mol. The van der Waals surface area contributed by atoms with Crippen molar-refractivity contribution in [2.45, 2.75) is 0 Å². The minimum Gasteiger partial charge on any atom is -0.508 e. The van der Waals surface area contributed by atoms with Crippen molar-refractivity contribution in [3.8, 4) is 21.9 Å². The van der Waals surface area contributed by atoms with Gasteiger partial charge in [0.1, 0.15) is 11.5 Å².